The Kier molecular flexibility index (Phi) is 5.39. The van der Waals surface area contributed by atoms with E-state index in [4.69, 9.17) is 16.7 Å². The summed E-state index contributed by atoms with van der Waals surface area (Å²) in [5.41, 5.74) is 1.34. The van der Waals surface area contributed by atoms with Crippen LogP contribution in [0.25, 0.3) is 6.08 Å². The number of carboxylic acid groups (broad SMARTS) is 1. The highest BCUT2D eigenvalue weighted by Gasteiger charge is 2.05. The van der Waals surface area contributed by atoms with Gasteiger partial charge >= 0.3 is 11.9 Å². The van der Waals surface area contributed by atoms with Crippen molar-refractivity contribution in [3.63, 3.8) is 0 Å². The van der Waals surface area contributed by atoms with Gasteiger partial charge < -0.3 is 9.84 Å². The molecule has 0 amide bonds. The van der Waals surface area contributed by atoms with Crippen molar-refractivity contribution in [2.75, 3.05) is 7.11 Å². The maximum Gasteiger partial charge on any atom is 0.309 e. The molecule has 0 saturated heterocycles. The van der Waals surface area contributed by atoms with Gasteiger partial charge in [0.15, 0.2) is 0 Å². The Morgan fingerprint density at radius 1 is 1.44 bits per heavy atom. The van der Waals surface area contributed by atoms with Gasteiger partial charge in [0.25, 0.3) is 0 Å². The molecule has 0 spiro atoms. The maximum absolute atomic E-state index is 10.9. The minimum atomic E-state index is -0.937. The van der Waals surface area contributed by atoms with Crippen LogP contribution in [-0.2, 0) is 20.7 Å². The predicted octanol–water partition coefficient (Wildman–Crippen LogP) is 2.54. The van der Waals surface area contributed by atoms with Crippen LogP contribution < -0.4 is 0 Å². The molecule has 1 N–H and O–H groups in total. The predicted molar refractivity (Wildman–Crippen MR) is 68.5 cm³/mol. The molecule has 0 unspecified atom stereocenters. The molecular formula is C13H13ClO4. The average molecular weight is 269 g/mol. The van der Waals surface area contributed by atoms with E-state index in [0.29, 0.717) is 10.6 Å². The monoisotopic (exact) mass is 268 g/mol. The van der Waals surface area contributed by atoms with Gasteiger partial charge in [0.2, 0.25) is 0 Å². The molecule has 5 heteroatoms. The van der Waals surface area contributed by atoms with E-state index in [1.165, 1.54) is 7.11 Å². The fraction of sp³-hybridized carbons (Fsp3) is 0.231. The molecule has 0 heterocycles. The lowest BCUT2D eigenvalue weighted by molar-refractivity contribution is -0.139. The number of aliphatic carboxylic acids is 1. The first-order valence-corrected chi connectivity index (χ1v) is 5.64. The van der Waals surface area contributed by atoms with Gasteiger partial charge in [0, 0.05) is 5.02 Å². The van der Waals surface area contributed by atoms with E-state index >= 15 is 0 Å². The molecule has 0 saturated carbocycles. The molecule has 0 bridgehead atoms. The van der Waals surface area contributed by atoms with E-state index in [-0.39, 0.29) is 18.8 Å². The van der Waals surface area contributed by atoms with Crippen LogP contribution in [0.4, 0.5) is 0 Å². The molecule has 0 aliphatic heterocycles. The standard InChI is InChI=1S/C13H13ClO4/c1-18-13(17)4-2-3-9-5-6-11(14)10(7-9)8-12(15)16/h2-3,5-7H,4,8H2,1H3,(H,15,16). The van der Waals surface area contributed by atoms with Crippen LogP contribution in [0.5, 0.6) is 0 Å². The molecule has 96 valence electrons. The smallest absolute Gasteiger partial charge is 0.309 e. The van der Waals surface area contributed by atoms with Crippen LogP contribution in [0.1, 0.15) is 17.5 Å². The van der Waals surface area contributed by atoms with E-state index < -0.39 is 5.97 Å². The average Bonchev–Trinajstić information content (AvgIpc) is 2.32. The lowest BCUT2D eigenvalue weighted by Gasteiger charge is -2.02. The number of rotatable bonds is 5. The SMILES string of the molecule is COC(=O)CC=Cc1ccc(Cl)c(CC(=O)O)c1. The molecular weight excluding hydrogens is 256 g/mol. The highest BCUT2D eigenvalue weighted by molar-refractivity contribution is 6.31. The highest BCUT2D eigenvalue weighted by atomic mass is 35.5. The van der Waals surface area contributed by atoms with Gasteiger partial charge in [-0.3, -0.25) is 9.59 Å². The van der Waals surface area contributed by atoms with E-state index in [1.54, 1.807) is 30.4 Å². The number of carbonyl (C=O) groups excluding carboxylic acids is 1. The maximum atomic E-state index is 10.9. The Labute approximate surface area is 110 Å². The van der Waals surface area contributed by atoms with Gasteiger partial charge in [-0.1, -0.05) is 29.8 Å². The number of halogens is 1. The van der Waals surface area contributed by atoms with Crippen molar-refractivity contribution >= 4 is 29.6 Å². The number of hydrogen-bond acceptors (Lipinski definition) is 3. The lowest BCUT2D eigenvalue weighted by Crippen LogP contribution is -2.00. The van der Waals surface area contributed by atoms with Gasteiger partial charge in [-0.2, -0.15) is 0 Å². The highest BCUT2D eigenvalue weighted by Crippen LogP contribution is 2.19. The van der Waals surface area contributed by atoms with Crippen molar-refractivity contribution in [3.05, 3.63) is 40.4 Å². The first-order valence-electron chi connectivity index (χ1n) is 5.26. The second kappa shape index (κ2) is 6.81. The number of benzene rings is 1. The first-order chi connectivity index (χ1) is 8.52. The van der Waals surface area contributed by atoms with Gasteiger partial charge in [0.1, 0.15) is 0 Å². The zero-order chi connectivity index (χ0) is 13.5. The van der Waals surface area contributed by atoms with Crippen molar-refractivity contribution in [3.8, 4) is 0 Å². The summed E-state index contributed by atoms with van der Waals surface area (Å²) in [4.78, 5) is 21.5. The van der Waals surface area contributed by atoms with E-state index in [9.17, 15) is 9.59 Å². The van der Waals surface area contributed by atoms with Crippen LogP contribution in [0, 0.1) is 0 Å². The van der Waals surface area contributed by atoms with Crippen LogP contribution in [0.15, 0.2) is 24.3 Å². The van der Waals surface area contributed by atoms with Crippen molar-refractivity contribution in [1.82, 2.24) is 0 Å². The van der Waals surface area contributed by atoms with Gasteiger partial charge in [-0.25, -0.2) is 0 Å². The molecule has 0 fully saturated rings. The Morgan fingerprint density at radius 3 is 2.78 bits per heavy atom. The van der Waals surface area contributed by atoms with Crippen LogP contribution in [-0.4, -0.2) is 24.2 Å². The molecule has 18 heavy (non-hydrogen) atoms. The number of methoxy groups -OCH3 is 1. The van der Waals surface area contributed by atoms with Crippen LogP contribution >= 0.6 is 11.6 Å². The quantitative estimate of drug-likeness (QED) is 0.834. The summed E-state index contributed by atoms with van der Waals surface area (Å²) in [6, 6.07) is 5.07. The summed E-state index contributed by atoms with van der Waals surface area (Å²) in [6.07, 6.45) is 3.42. The minimum Gasteiger partial charge on any atom is -0.481 e. The molecule has 0 aliphatic rings. The fourth-order valence-electron chi connectivity index (χ4n) is 1.37. The van der Waals surface area contributed by atoms with Crippen LogP contribution in [0.2, 0.25) is 5.02 Å². The summed E-state index contributed by atoms with van der Waals surface area (Å²) in [5.74, 6) is -1.27. The van der Waals surface area contributed by atoms with Crippen molar-refractivity contribution in [2.45, 2.75) is 12.8 Å². The second-order valence-electron chi connectivity index (χ2n) is 3.60. The van der Waals surface area contributed by atoms with E-state index in [2.05, 4.69) is 4.74 Å². The van der Waals surface area contributed by atoms with Crippen molar-refractivity contribution in [1.29, 1.82) is 0 Å². The third-order valence-corrected chi connectivity index (χ3v) is 2.60. The zero-order valence-corrected chi connectivity index (χ0v) is 10.6. The van der Waals surface area contributed by atoms with Crippen LogP contribution in [0.3, 0.4) is 0 Å². The molecule has 4 nitrogen and oxygen atoms in total. The summed E-state index contributed by atoms with van der Waals surface area (Å²) in [6.45, 7) is 0. The third kappa shape index (κ3) is 4.59. The summed E-state index contributed by atoms with van der Waals surface area (Å²) in [5, 5.41) is 9.14. The minimum absolute atomic E-state index is 0.127. The summed E-state index contributed by atoms with van der Waals surface area (Å²) >= 11 is 5.89. The molecule has 0 aliphatic carbocycles. The molecule has 1 aromatic rings. The summed E-state index contributed by atoms with van der Waals surface area (Å²) < 4.78 is 4.49. The zero-order valence-electron chi connectivity index (χ0n) is 9.85. The topological polar surface area (TPSA) is 63.6 Å². The molecule has 0 radical (unpaired) electrons. The van der Waals surface area contributed by atoms with Gasteiger partial charge in [0.05, 0.1) is 20.0 Å². The van der Waals surface area contributed by atoms with E-state index in [0.717, 1.165) is 5.56 Å². The Balaban J connectivity index is 2.78. The normalized spacial score (nSPS) is 10.6. The Morgan fingerprint density at radius 2 is 2.17 bits per heavy atom. The van der Waals surface area contributed by atoms with Gasteiger partial charge in [-0.15, -0.1) is 0 Å². The fourth-order valence-corrected chi connectivity index (χ4v) is 1.56. The number of carboxylic acids is 1. The molecule has 0 atom stereocenters. The Hall–Kier alpha value is -1.81. The van der Waals surface area contributed by atoms with Gasteiger partial charge in [-0.05, 0) is 23.3 Å². The Bertz CT molecular complexity index is 480. The van der Waals surface area contributed by atoms with Crippen molar-refractivity contribution in [2.24, 2.45) is 0 Å². The number of ether oxygens (including phenoxy) is 1. The number of carbonyl (C=O) groups is 2. The summed E-state index contributed by atoms with van der Waals surface area (Å²) in [7, 11) is 1.32. The third-order valence-electron chi connectivity index (χ3n) is 2.23. The number of esters is 1. The van der Waals surface area contributed by atoms with Crippen molar-refractivity contribution < 1.29 is 19.4 Å². The molecule has 0 aromatic heterocycles. The number of hydrogen-bond donors (Lipinski definition) is 1. The molecule has 1 aromatic carbocycles. The first kappa shape index (κ1) is 14.3. The second-order valence-corrected chi connectivity index (χ2v) is 4.01. The van der Waals surface area contributed by atoms with E-state index in [1.807, 2.05) is 0 Å². The lowest BCUT2D eigenvalue weighted by atomic mass is 10.1. The molecule has 1 rings (SSSR count). The largest absolute Gasteiger partial charge is 0.481 e.